The third-order valence-electron chi connectivity index (χ3n) is 5.58. The summed E-state index contributed by atoms with van der Waals surface area (Å²) in [5, 5.41) is 10.9. The summed E-state index contributed by atoms with van der Waals surface area (Å²) >= 11 is 0. The topological polar surface area (TPSA) is 86.5 Å². The summed E-state index contributed by atoms with van der Waals surface area (Å²) in [5.74, 6) is 0.821. The number of nitro groups is 1. The third-order valence-corrected chi connectivity index (χ3v) is 6.91. The Morgan fingerprint density at radius 1 is 1.00 bits per heavy atom. The number of nitro benzene ring substituents is 1. The maximum Gasteiger partial charge on any atom is 0.297 e. The lowest BCUT2D eigenvalue weighted by molar-refractivity contribution is -0.385. The van der Waals surface area contributed by atoms with E-state index < -0.39 is 15.0 Å². The van der Waals surface area contributed by atoms with Crippen molar-refractivity contribution in [3.05, 3.63) is 34.4 Å². The van der Waals surface area contributed by atoms with Crippen LogP contribution in [0, 0.1) is 22.0 Å². The highest BCUT2D eigenvalue weighted by Gasteiger charge is 2.36. The summed E-state index contributed by atoms with van der Waals surface area (Å²) in [4.78, 5) is 10.2. The van der Waals surface area contributed by atoms with E-state index in [1.165, 1.54) is 37.5 Å². The quantitative estimate of drug-likeness (QED) is 0.436. The van der Waals surface area contributed by atoms with Crippen LogP contribution in [-0.4, -0.2) is 19.4 Å². The average molecular weight is 367 g/mol. The molecule has 0 radical (unpaired) electrons. The van der Waals surface area contributed by atoms with Crippen LogP contribution in [0.15, 0.2) is 29.2 Å². The minimum Gasteiger partial charge on any atom is -0.263 e. The first-order valence-electron chi connectivity index (χ1n) is 9.15. The van der Waals surface area contributed by atoms with Crippen molar-refractivity contribution in [1.29, 1.82) is 0 Å². The van der Waals surface area contributed by atoms with E-state index in [2.05, 4.69) is 0 Å². The van der Waals surface area contributed by atoms with Gasteiger partial charge in [-0.2, -0.15) is 8.42 Å². The van der Waals surface area contributed by atoms with Gasteiger partial charge in [0.1, 0.15) is 4.90 Å². The van der Waals surface area contributed by atoms with Crippen molar-refractivity contribution >= 4 is 15.8 Å². The van der Waals surface area contributed by atoms with E-state index in [0.29, 0.717) is 5.92 Å². The van der Waals surface area contributed by atoms with E-state index in [-0.39, 0.29) is 22.6 Å². The lowest BCUT2D eigenvalue weighted by Crippen LogP contribution is -2.35. The molecule has 0 aliphatic heterocycles. The van der Waals surface area contributed by atoms with Gasteiger partial charge in [-0.3, -0.25) is 14.3 Å². The second kappa shape index (κ2) is 7.83. The van der Waals surface area contributed by atoms with Crippen molar-refractivity contribution in [3.8, 4) is 0 Å². The van der Waals surface area contributed by atoms with Gasteiger partial charge in [-0.05, 0) is 30.7 Å². The van der Waals surface area contributed by atoms with Crippen molar-refractivity contribution in [2.24, 2.45) is 11.8 Å². The SMILES string of the molecule is O=[N+]([O-])c1cccc(S(=O)(=O)OC2CCCCC2C2CCCCC2)c1. The standard InChI is InChI=1S/C18H25NO5S/c20-19(21)15-9-6-10-16(13-15)25(22,23)24-18-12-5-4-11-17(18)14-7-2-1-3-8-14/h6,9-10,13-14,17-18H,1-5,7-8,11-12H2. The van der Waals surface area contributed by atoms with Crippen LogP contribution < -0.4 is 0 Å². The molecule has 0 heterocycles. The second-order valence-corrected chi connectivity index (χ2v) is 8.76. The molecule has 0 N–H and O–H groups in total. The normalized spacial score (nSPS) is 25.6. The van der Waals surface area contributed by atoms with Gasteiger partial charge < -0.3 is 0 Å². The molecule has 0 spiro atoms. The van der Waals surface area contributed by atoms with E-state index in [9.17, 15) is 18.5 Å². The van der Waals surface area contributed by atoms with E-state index in [0.717, 1.165) is 44.6 Å². The van der Waals surface area contributed by atoms with Gasteiger partial charge in [0.05, 0.1) is 11.0 Å². The maximum absolute atomic E-state index is 12.7. The molecule has 0 saturated heterocycles. The Hall–Kier alpha value is -1.47. The molecule has 2 unspecified atom stereocenters. The van der Waals surface area contributed by atoms with Gasteiger partial charge in [0.2, 0.25) is 0 Å². The largest absolute Gasteiger partial charge is 0.297 e. The molecule has 6 nitrogen and oxygen atoms in total. The zero-order valence-corrected chi connectivity index (χ0v) is 15.1. The summed E-state index contributed by atoms with van der Waals surface area (Å²) in [6.45, 7) is 0. The Morgan fingerprint density at radius 2 is 1.68 bits per heavy atom. The monoisotopic (exact) mass is 367 g/mol. The van der Waals surface area contributed by atoms with Crippen LogP contribution in [0.1, 0.15) is 57.8 Å². The molecular weight excluding hydrogens is 342 g/mol. The summed E-state index contributed by atoms with van der Waals surface area (Å²) < 4.78 is 30.9. The van der Waals surface area contributed by atoms with Crippen LogP contribution in [0.4, 0.5) is 5.69 Å². The van der Waals surface area contributed by atoms with Crippen LogP contribution in [0.25, 0.3) is 0 Å². The van der Waals surface area contributed by atoms with Crippen LogP contribution in [0.5, 0.6) is 0 Å². The number of hydrogen-bond acceptors (Lipinski definition) is 5. The first-order valence-corrected chi connectivity index (χ1v) is 10.6. The van der Waals surface area contributed by atoms with Gasteiger partial charge >= 0.3 is 0 Å². The molecule has 25 heavy (non-hydrogen) atoms. The molecule has 2 atom stereocenters. The number of hydrogen-bond donors (Lipinski definition) is 0. The third kappa shape index (κ3) is 4.39. The fourth-order valence-corrected chi connectivity index (χ4v) is 5.50. The Kier molecular flexibility index (Phi) is 5.74. The summed E-state index contributed by atoms with van der Waals surface area (Å²) in [6.07, 6.45) is 9.55. The van der Waals surface area contributed by atoms with Crippen LogP contribution in [0.3, 0.4) is 0 Å². The van der Waals surface area contributed by atoms with Gasteiger partial charge in [0.15, 0.2) is 0 Å². The Morgan fingerprint density at radius 3 is 2.40 bits per heavy atom. The number of benzene rings is 1. The summed E-state index contributed by atoms with van der Waals surface area (Å²) in [5.41, 5.74) is -0.239. The van der Waals surface area contributed by atoms with E-state index in [1.807, 2.05) is 0 Å². The minimum absolute atomic E-state index is 0.130. The van der Waals surface area contributed by atoms with Crippen LogP contribution >= 0.6 is 0 Å². The van der Waals surface area contributed by atoms with Gasteiger partial charge in [0.25, 0.3) is 15.8 Å². The lowest BCUT2D eigenvalue weighted by atomic mass is 9.72. The molecular formula is C18H25NO5S. The van der Waals surface area contributed by atoms with Crippen molar-refractivity contribution in [2.45, 2.75) is 68.8 Å². The predicted octanol–water partition coefficient (Wildman–Crippen LogP) is 4.44. The molecule has 0 amide bonds. The summed E-state index contributed by atoms with van der Waals surface area (Å²) in [6, 6.07) is 5.10. The van der Waals surface area contributed by atoms with E-state index >= 15 is 0 Å². The predicted molar refractivity (Wildman–Crippen MR) is 93.7 cm³/mol. The van der Waals surface area contributed by atoms with Gasteiger partial charge in [-0.1, -0.05) is 51.0 Å². The van der Waals surface area contributed by atoms with Crippen molar-refractivity contribution < 1.29 is 17.5 Å². The molecule has 1 aromatic rings. The smallest absolute Gasteiger partial charge is 0.263 e. The molecule has 0 aromatic heterocycles. The first kappa shape index (κ1) is 18.3. The van der Waals surface area contributed by atoms with E-state index in [1.54, 1.807) is 0 Å². The Bertz CT molecular complexity index is 712. The first-order chi connectivity index (χ1) is 12.0. The lowest BCUT2D eigenvalue weighted by Gasteiger charge is -2.38. The molecule has 138 valence electrons. The number of non-ortho nitro benzene ring substituents is 1. The highest BCUT2D eigenvalue weighted by Crippen LogP contribution is 2.40. The molecule has 2 aliphatic carbocycles. The molecule has 2 fully saturated rings. The number of nitrogens with zero attached hydrogens (tertiary/aromatic N) is 1. The molecule has 2 aliphatic rings. The average Bonchev–Trinajstić information content (AvgIpc) is 2.63. The molecule has 1 aromatic carbocycles. The molecule has 2 saturated carbocycles. The molecule has 7 heteroatoms. The van der Waals surface area contributed by atoms with Crippen molar-refractivity contribution in [3.63, 3.8) is 0 Å². The fraction of sp³-hybridized carbons (Fsp3) is 0.667. The molecule has 0 bridgehead atoms. The van der Waals surface area contributed by atoms with Crippen LogP contribution in [-0.2, 0) is 14.3 Å². The molecule has 3 rings (SSSR count). The van der Waals surface area contributed by atoms with Crippen LogP contribution in [0.2, 0.25) is 0 Å². The summed E-state index contributed by atoms with van der Waals surface area (Å²) in [7, 11) is -3.99. The Labute approximate surface area is 148 Å². The maximum atomic E-state index is 12.7. The Balaban J connectivity index is 1.78. The van der Waals surface area contributed by atoms with Gasteiger partial charge in [0, 0.05) is 12.1 Å². The highest BCUT2D eigenvalue weighted by molar-refractivity contribution is 7.86. The zero-order valence-electron chi connectivity index (χ0n) is 14.3. The number of rotatable bonds is 5. The van der Waals surface area contributed by atoms with Gasteiger partial charge in [-0.15, -0.1) is 0 Å². The van der Waals surface area contributed by atoms with E-state index in [4.69, 9.17) is 4.18 Å². The zero-order chi connectivity index (χ0) is 17.9. The highest BCUT2D eigenvalue weighted by atomic mass is 32.2. The fourth-order valence-electron chi connectivity index (χ4n) is 4.32. The second-order valence-electron chi connectivity index (χ2n) is 7.19. The van der Waals surface area contributed by atoms with Crippen molar-refractivity contribution in [2.75, 3.05) is 0 Å². The van der Waals surface area contributed by atoms with Crippen molar-refractivity contribution in [1.82, 2.24) is 0 Å². The minimum atomic E-state index is -3.99. The van der Waals surface area contributed by atoms with Gasteiger partial charge in [-0.25, -0.2) is 0 Å².